The number of benzene rings is 1. The number of rotatable bonds is 7. The zero-order valence-corrected chi connectivity index (χ0v) is 15.7. The summed E-state index contributed by atoms with van der Waals surface area (Å²) < 4.78 is 10.1. The Balaban J connectivity index is 2.18. The van der Waals surface area contributed by atoms with Gasteiger partial charge in [0.2, 0.25) is 0 Å². The number of ether oxygens (including phenoxy) is 2. The van der Waals surface area contributed by atoms with E-state index in [1.165, 1.54) is 30.2 Å². The summed E-state index contributed by atoms with van der Waals surface area (Å²) in [7, 11) is 1.34. The summed E-state index contributed by atoms with van der Waals surface area (Å²) in [4.78, 5) is 36.1. The third-order valence-corrected chi connectivity index (χ3v) is 4.79. The molecule has 1 aromatic rings. The van der Waals surface area contributed by atoms with Crippen LogP contribution in [-0.2, 0) is 14.3 Å². The Morgan fingerprint density at radius 2 is 2.19 bits per heavy atom. The third-order valence-electron chi connectivity index (χ3n) is 3.42. The first-order chi connectivity index (χ1) is 12.4. The molecular weight excluding hydrogens is 380 g/mol. The molecule has 1 aliphatic heterocycles. The lowest BCUT2D eigenvalue weighted by molar-refractivity contribution is -0.385. The second-order valence-electron chi connectivity index (χ2n) is 5.08. The minimum atomic E-state index is -0.555. The average molecular weight is 396 g/mol. The van der Waals surface area contributed by atoms with Gasteiger partial charge in [0.1, 0.15) is 4.32 Å². The van der Waals surface area contributed by atoms with E-state index >= 15 is 0 Å². The van der Waals surface area contributed by atoms with Gasteiger partial charge in [-0.25, -0.2) is 0 Å². The van der Waals surface area contributed by atoms with Gasteiger partial charge in [-0.3, -0.25) is 24.6 Å². The summed E-state index contributed by atoms with van der Waals surface area (Å²) in [6.07, 6.45) is 1.57. The first-order valence-electron chi connectivity index (χ1n) is 7.60. The average Bonchev–Trinajstić information content (AvgIpc) is 2.86. The molecule has 0 spiro atoms. The molecule has 1 fully saturated rings. The largest absolute Gasteiger partial charge is 0.490 e. The Morgan fingerprint density at radius 1 is 1.46 bits per heavy atom. The van der Waals surface area contributed by atoms with Gasteiger partial charge in [-0.05, 0) is 24.6 Å². The minimum Gasteiger partial charge on any atom is -0.490 e. The monoisotopic (exact) mass is 396 g/mol. The van der Waals surface area contributed by atoms with Crippen molar-refractivity contribution in [1.82, 2.24) is 4.90 Å². The fraction of sp³-hybridized carbons (Fsp3) is 0.312. The molecule has 0 aromatic heterocycles. The summed E-state index contributed by atoms with van der Waals surface area (Å²) in [5.41, 5.74) is 0.280. The van der Waals surface area contributed by atoms with E-state index in [4.69, 9.17) is 21.7 Å². The number of hydrogen-bond donors (Lipinski definition) is 0. The molecule has 0 radical (unpaired) electrons. The lowest BCUT2D eigenvalue weighted by Gasteiger charge is -2.13. The van der Waals surface area contributed by atoms with Crippen LogP contribution in [0, 0.1) is 10.1 Å². The van der Waals surface area contributed by atoms with Crippen LogP contribution in [0.1, 0.15) is 18.9 Å². The number of esters is 1. The van der Waals surface area contributed by atoms with Crippen molar-refractivity contribution in [2.45, 2.75) is 13.3 Å². The number of amides is 1. The van der Waals surface area contributed by atoms with Crippen LogP contribution in [0.4, 0.5) is 5.69 Å². The highest BCUT2D eigenvalue weighted by atomic mass is 32.2. The number of methoxy groups -OCH3 is 1. The Kier molecular flexibility index (Phi) is 6.70. The highest BCUT2D eigenvalue weighted by molar-refractivity contribution is 8.26. The summed E-state index contributed by atoms with van der Waals surface area (Å²) in [6.45, 7) is 2.10. The molecule has 1 amide bonds. The maximum absolute atomic E-state index is 12.5. The van der Waals surface area contributed by atoms with Gasteiger partial charge in [0, 0.05) is 12.6 Å². The van der Waals surface area contributed by atoms with Crippen LogP contribution in [0.5, 0.6) is 5.75 Å². The van der Waals surface area contributed by atoms with Crippen molar-refractivity contribution < 1.29 is 24.0 Å². The van der Waals surface area contributed by atoms with Gasteiger partial charge in [0.25, 0.3) is 5.91 Å². The number of thioether (sulfide) groups is 1. The molecule has 138 valence electrons. The molecule has 10 heteroatoms. The smallest absolute Gasteiger partial charge is 0.311 e. The Morgan fingerprint density at radius 3 is 2.81 bits per heavy atom. The lowest BCUT2D eigenvalue weighted by atomic mass is 10.1. The molecule has 0 bridgehead atoms. The number of thiocarbonyl (C=S) groups is 1. The van der Waals surface area contributed by atoms with Crippen molar-refractivity contribution in [1.29, 1.82) is 0 Å². The Bertz CT molecular complexity index is 793. The van der Waals surface area contributed by atoms with E-state index in [0.717, 1.165) is 11.8 Å². The molecule has 1 saturated heterocycles. The summed E-state index contributed by atoms with van der Waals surface area (Å²) in [5.74, 6) is -0.617. The Labute approximate surface area is 159 Å². The molecule has 8 nitrogen and oxygen atoms in total. The zero-order chi connectivity index (χ0) is 19.3. The zero-order valence-electron chi connectivity index (χ0n) is 14.1. The van der Waals surface area contributed by atoms with Gasteiger partial charge >= 0.3 is 11.7 Å². The maximum Gasteiger partial charge on any atom is 0.311 e. The fourth-order valence-corrected chi connectivity index (χ4v) is 3.53. The quantitative estimate of drug-likeness (QED) is 0.228. The molecular formula is C16H16N2O6S2. The van der Waals surface area contributed by atoms with E-state index in [2.05, 4.69) is 0 Å². The highest BCUT2D eigenvalue weighted by Gasteiger charge is 2.32. The van der Waals surface area contributed by atoms with Crippen molar-refractivity contribution in [3.63, 3.8) is 0 Å². The molecule has 0 saturated carbocycles. The first-order valence-corrected chi connectivity index (χ1v) is 8.83. The molecule has 0 atom stereocenters. The van der Waals surface area contributed by atoms with Crippen LogP contribution < -0.4 is 4.74 Å². The fourth-order valence-electron chi connectivity index (χ4n) is 2.22. The molecule has 1 aliphatic rings. The number of carbonyl (C=O) groups is 2. The minimum absolute atomic E-state index is 0.0432. The van der Waals surface area contributed by atoms with Crippen LogP contribution in [-0.4, -0.2) is 46.3 Å². The predicted octanol–water partition coefficient (Wildman–Crippen LogP) is 2.76. The van der Waals surface area contributed by atoms with E-state index in [1.807, 2.05) is 0 Å². The standard InChI is InChI=1S/C16H16N2O6S2/c1-3-24-14(19)6-7-17-15(20)13(26-16(17)25)9-10-4-5-12(23-2)11(8-10)18(21)22/h4-5,8-9H,3,6-7H2,1-2H3/b13-9-. The van der Waals surface area contributed by atoms with E-state index in [0.29, 0.717) is 14.8 Å². The molecule has 1 heterocycles. The Hall–Kier alpha value is -2.46. The maximum atomic E-state index is 12.5. The van der Waals surface area contributed by atoms with Gasteiger partial charge < -0.3 is 9.47 Å². The number of nitro benzene ring substituents is 1. The van der Waals surface area contributed by atoms with E-state index in [1.54, 1.807) is 13.0 Å². The lowest BCUT2D eigenvalue weighted by Crippen LogP contribution is -2.30. The molecule has 0 aliphatic carbocycles. The van der Waals surface area contributed by atoms with Gasteiger partial charge in [0.15, 0.2) is 5.75 Å². The van der Waals surface area contributed by atoms with Crippen molar-refractivity contribution in [3.8, 4) is 5.75 Å². The van der Waals surface area contributed by atoms with Crippen molar-refractivity contribution in [3.05, 3.63) is 38.8 Å². The second-order valence-corrected chi connectivity index (χ2v) is 6.75. The predicted molar refractivity (Wildman–Crippen MR) is 101 cm³/mol. The van der Waals surface area contributed by atoms with Crippen LogP contribution >= 0.6 is 24.0 Å². The summed E-state index contributed by atoms with van der Waals surface area (Å²) in [5, 5.41) is 11.1. The number of carbonyl (C=O) groups excluding carboxylic acids is 2. The number of hydrogen-bond acceptors (Lipinski definition) is 8. The third kappa shape index (κ3) is 4.58. The first kappa shape index (κ1) is 19.9. The summed E-state index contributed by atoms with van der Waals surface area (Å²) >= 11 is 6.26. The van der Waals surface area contributed by atoms with Crippen molar-refractivity contribution in [2.75, 3.05) is 20.3 Å². The molecule has 1 aromatic carbocycles. The van der Waals surface area contributed by atoms with Crippen molar-refractivity contribution in [2.24, 2.45) is 0 Å². The molecule has 26 heavy (non-hydrogen) atoms. The van der Waals surface area contributed by atoms with Gasteiger partial charge in [-0.2, -0.15) is 0 Å². The number of nitro groups is 1. The molecule has 2 rings (SSSR count). The molecule has 0 unspecified atom stereocenters. The van der Waals surface area contributed by atoms with Crippen LogP contribution in [0.3, 0.4) is 0 Å². The summed E-state index contributed by atoms with van der Waals surface area (Å²) in [6, 6.07) is 4.40. The number of nitrogens with zero attached hydrogens (tertiary/aromatic N) is 2. The van der Waals surface area contributed by atoms with Crippen LogP contribution in [0.2, 0.25) is 0 Å². The van der Waals surface area contributed by atoms with E-state index in [9.17, 15) is 19.7 Å². The molecule has 0 N–H and O–H groups in total. The van der Waals surface area contributed by atoms with Crippen LogP contribution in [0.25, 0.3) is 6.08 Å². The van der Waals surface area contributed by atoms with Gasteiger partial charge in [-0.15, -0.1) is 0 Å². The van der Waals surface area contributed by atoms with Crippen molar-refractivity contribution >= 4 is 51.9 Å². The van der Waals surface area contributed by atoms with Gasteiger partial charge in [0.05, 0.1) is 30.0 Å². The van der Waals surface area contributed by atoms with Gasteiger partial charge in [-0.1, -0.05) is 30.0 Å². The topological polar surface area (TPSA) is 99.0 Å². The SMILES string of the molecule is CCOC(=O)CCN1C(=O)/C(=C/c2ccc(OC)c([N+](=O)[O-])c2)SC1=S. The van der Waals surface area contributed by atoms with E-state index < -0.39 is 10.9 Å². The van der Waals surface area contributed by atoms with E-state index in [-0.39, 0.29) is 36.9 Å². The van der Waals surface area contributed by atoms with Crippen LogP contribution in [0.15, 0.2) is 23.1 Å². The highest BCUT2D eigenvalue weighted by Crippen LogP contribution is 2.34. The second kappa shape index (κ2) is 8.77. The normalized spacial score (nSPS) is 15.5.